The molecule has 1 N–H and O–H groups in total. The third-order valence-corrected chi connectivity index (χ3v) is 2.97. The van der Waals surface area contributed by atoms with Crippen LogP contribution in [0.1, 0.15) is 30.1 Å². The summed E-state index contributed by atoms with van der Waals surface area (Å²) in [6, 6.07) is 5.63. The van der Waals surface area contributed by atoms with Crippen molar-refractivity contribution in [2.45, 2.75) is 31.9 Å². The fraction of sp³-hybridized carbons (Fsp3) is 0.462. The Hall–Kier alpha value is -1.42. The molecule has 1 aromatic rings. The average molecular weight is 237 g/mol. The summed E-state index contributed by atoms with van der Waals surface area (Å²) >= 11 is 0. The molecule has 0 spiro atoms. The Balaban J connectivity index is 1.96. The predicted octanol–water partition coefficient (Wildman–Crippen LogP) is 2.12. The Morgan fingerprint density at radius 2 is 2.41 bits per heavy atom. The Labute approximate surface area is 100.0 Å². The highest BCUT2D eigenvalue weighted by Gasteiger charge is 2.23. The normalized spacial score (nSPS) is 21.2. The van der Waals surface area contributed by atoms with E-state index < -0.39 is 5.82 Å². The molecule has 2 atom stereocenters. The molecular formula is C13H16FNO2. The molecule has 0 radical (unpaired) electrons. The van der Waals surface area contributed by atoms with Crippen molar-refractivity contribution in [3.05, 3.63) is 35.6 Å². The minimum absolute atomic E-state index is 0.0479. The summed E-state index contributed by atoms with van der Waals surface area (Å²) in [5.74, 6) is -0.657. The Morgan fingerprint density at radius 1 is 1.59 bits per heavy atom. The van der Waals surface area contributed by atoms with Crippen LogP contribution in [0, 0.1) is 5.82 Å². The molecule has 1 aliphatic rings. The largest absolute Gasteiger partial charge is 0.376 e. The predicted molar refractivity (Wildman–Crippen MR) is 62.3 cm³/mol. The lowest BCUT2D eigenvalue weighted by atomic mass is 10.1. The molecule has 92 valence electrons. The third kappa shape index (κ3) is 3.03. The smallest absolute Gasteiger partial charge is 0.251 e. The van der Waals surface area contributed by atoms with Gasteiger partial charge in [-0.15, -0.1) is 0 Å². The van der Waals surface area contributed by atoms with Crippen LogP contribution in [0.5, 0.6) is 0 Å². The van der Waals surface area contributed by atoms with Gasteiger partial charge in [-0.2, -0.15) is 0 Å². The van der Waals surface area contributed by atoms with E-state index in [1.165, 1.54) is 18.2 Å². The maximum absolute atomic E-state index is 13.0. The maximum atomic E-state index is 13.0. The molecule has 1 aliphatic heterocycles. The van der Waals surface area contributed by atoms with Gasteiger partial charge in [0, 0.05) is 12.2 Å². The van der Waals surface area contributed by atoms with Gasteiger partial charge in [0.05, 0.1) is 12.1 Å². The number of ether oxygens (including phenoxy) is 1. The number of hydrogen-bond acceptors (Lipinski definition) is 2. The monoisotopic (exact) mass is 237 g/mol. The van der Waals surface area contributed by atoms with Gasteiger partial charge in [-0.3, -0.25) is 4.79 Å². The second-order valence-electron chi connectivity index (χ2n) is 4.32. The number of hydrogen-bond donors (Lipinski definition) is 1. The highest BCUT2D eigenvalue weighted by Crippen LogP contribution is 2.15. The molecule has 17 heavy (non-hydrogen) atoms. The zero-order chi connectivity index (χ0) is 12.3. The van der Waals surface area contributed by atoms with Gasteiger partial charge in [0.1, 0.15) is 5.82 Å². The summed E-state index contributed by atoms with van der Waals surface area (Å²) in [5, 5.41) is 2.83. The van der Waals surface area contributed by atoms with Crippen molar-refractivity contribution in [1.82, 2.24) is 5.32 Å². The molecule has 1 saturated heterocycles. The van der Waals surface area contributed by atoms with Crippen molar-refractivity contribution in [1.29, 1.82) is 0 Å². The number of carbonyl (C=O) groups excluding carboxylic acids is 1. The molecule has 4 heteroatoms. The molecule has 3 nitrogen and oxygen atoms in total. The number of nitrogens with one attached hydrogen (secondary N) is 1. The van der Waals surface area contributed by atoms with Crippen molar-refractivity contribution < 1.29 is 13.9 Å². The lowest BCUT2D eigenvalue weighted by Crippen LogP contribution is -2.40. The first-order valence-electron chi connectivity index (χ1n) is 5.85. The molecule has 0 unspecified atom stereocenters. The number of rotatable bonds is 3. The highest BCUT2D eigenvalue weighted by atomic mass is 19.1. The first kappa shape index (κ1) is 12.0. The Morgan fingerprint density at radius 3 is 3.06 bits per heavy atom. The first-order valence-corrected chi connectivity index (χ1v) is 5.85. The van der Waals surface area contributed by atoms with E-state index in [1.807, 2.05) is 6.92 Å². The standard InChI is InChI=1S/C13H16FNO2/c1-9(12-6-3-7-17-12)15-13(16)10-4-2-5-11(14)8-10/h2,4-5,8-9,12H,3,6-7H2,1H3,(H,15,16)/t9-,12+/m1/s1. The first-order chi connectivity index (χ1) is 8.16. The van der Waals surface area contributed by atoms with Gasteiger partial charge < -0.3 is 10.1 Å². The van der Waals surface area contributed by atoms with E-state index in [2.05, 4.69) is 5.32 Å². The van der Waals surface area contributed by atoms with Crippen LogP contribution in [0.2, 0.25) is 0 Å². The van der Waals surface area contributed by atoms with E-state index in [0.717, 1.165) is 19.4 Å². The lowest BCUT2D eigenvalue weighted by Gasteiger charge is -2.19. The fourth-order valence-electron chi connectivity index (χ4n) is 2.01. The van der Waals surface area contributed by atoms with Gasteiger partial charge in [-0.1, -0.05) is 6.07 Å². The van der Waals surface area contributed by atoms with Crippen LogP contribution in [0.4, 0.5) is 4.39 Å². The van der Waals surface area contributed by atoms with Crippen LogP contribution in [-0.2, 0) is 4.74 Å². The summed E-state index contributed by atoms with van der Waals surface area (Å²) in [4.78, 5) is 11.8. The Bertz CT molecular complexity index is 402. The quantitative estimate of drug-likeness (QED) is 0.874. The summed E-state index contributed by atoms with van der Waals surface area (Å²) in [7, 11) is 0. The molecule has 1 aromatic carbocycles. The molecule has 1 heterocycles. The molecule has 2 rings (SSSR count). The zero-order valence-corrected chi connectivity index (χ0v) is 9.78. The third-order valence-electron chi connectivity index (χ3n) is 2.97. The molecule has 0 bridgehead atoms. The van der Waals surface area contributed by atoms with Crippen molar-refractivity contribution in [3.8, 4) is 0 Å². The van der Waals surface area contributed by atoms with Crippen LogP contribution in [0.3, 0.4) is 0 Å². The van der Waals surface area contributed by atoms with Gasteiger partial charge in [0.15, 0.2) is 0 Å². The zero-order valence-electron chi connectivity index (χ0n) is 9.78. The summed E-state index contributed by atoms with van der Waals surface area (Å²) in [6.45, 7) is 2.66. The SMILES string of the molecule is C[C@@H](NC(=O)c1cccc(F)c1)[C@@H]1CCCO1. The van der Waals surface area contributed by atoms with Gasteiger partial charge in [0.25, 0.3) is 5.91 Å². The highest BCUT2D eigenvalue weighted by molar-refractivity contribution is 5.94. The van der Waals surface area contributed by atoms with Crippen LogP contribution in [-0.4, -0.2) is 24.7 Å². The van der Waals surface area contributed by atoms with Gasteiger partial charge in [-0.25, -0.2) is 4.39 Å². The van der Waals surface area contributed by atoms with E-state index in [9.17, 15) is 9.18 Å². The van der Waals surface area contributed by atoms with E-state index >= 15 is 0 Å². The van der Waals surface area contributed by atoms with Gasteiger partial charge >= 0.3 is 0 Å². The molecular weight excluding hydrogens is 221 g/mol. The van der Waals surface area contributed by atoms with Crippen molar-refractivity contribution in [2.75, 3.05) is 6.61 Å². The van der Waals surface area contributed by atoms with Crippen LogP contribution in [0.25, 0.3) is 0 Å². The van der Waals surface area contributed by atoms with E-state index in [4.69, 9.17) is 4.74 Å². The van der Waals surface area contributed by atoms with E-state index in [-0.39, 0.29) is 18.1 Å². The molecule has 0 aliphatic carbocycles. The fourth-order valence-corrected chi connectivity index (χ4v) is 2.01. The summed E-state index contributed by atoms with van der Waals surface area (Å²) in [6.07, 6.45) is 2.07. The minimum atomic E-state index is -0.401. The number of carbonyl (C=O) groups is 1. The van der Waals surface area contributed by atoms with Crippen LogP contribution >= 0.6 is 0 Å². The topological polar surface area (TPSA) is 38.3 Å². The van der Waals surface area contributed by atoms with Crippen molar-refractivity contribution >= 4 is 5.91 Å². The van der Waals surface area contributed by atoms with Crippen molar-refractivity contribution in [3.63, 3.8) is 0 Å². The summed E-state index contributed by atoms with van der Waals surface area (Å²) in [5.41, 5.74) is 0.342. The molecule has 0 aromatic heterocycles. The number of halogens is 1. The van der Waals surface area contributed by atoms with E-state index in [0.29, 0.717) is 5.56 Å². The minimum Gasteiger partial charge on any atom is -0.376 e. The maximum Gasteiger partial charge on any atom is 0.251 e. The Kier molecular flexibility index (Phi) is 3.74. The van der Waals surface area contributed by atoms with Crippen LogP contribution < -0.4 is 5.32 Å². The van der Waals surface area contributed by atoms with Gasteiger partial charge in [0.2, 0.25) is 0 Å². The second kappa shape index (κ2) is 5.27. The lowest BCUT2D eigenvalue weighted by molar-refractivity contribution is 0.0712. The molecule has 1 amide bonds. The average Bonchev–Trinajstić information content (AvgIpc) is 2.82. The molecule has 1 fully saturated rings. The number of benzene rings is 1. The van der Waals surface area contributed by atoms with Gasteiger partial charge in [-0.05, 0) is 38.0 Å². The van der Waals surface area contributed by atoms with E-state index in [1.54, 1.807) is 6.07 Å². The summed E-state index contributed by atoms with van der Waals surface area (Å²) < 4.78 is 18.4. The molecule has 0 saturated carbocycles. The number of amides is 1. The second-order valence-corrected chi connectivity index (χ2v) is 4.32. The van der Waals surface area contributed by atoms with Crippen molar-refractivity contribution in [2.24, 2.45) is 0 Å². The van der Waals surface area contributed by atoms with Crippen LogP contribution in [0.15, 0.2) is 24.3 Å².